The molecule has 0 aliphatic carbocycles. The van der Waals surface area contributed by atoms with Crippen molar-refractivity contribution in [1.29, 1.82) is 0 Å². The molecule has 1 aliphatic heterocycles. The van der Waals surface area contributed by atoms with Gasteiger partial charge in [0.15, 0.2) is 0 Å². The van der Waals surface area contributed by atoms with Crippen molar-refractivity contribution >= 4 is 21.8 Å². The Morgan fingerprint density at radius 1 is 1.21 bits per heavy atom. The summed E-state index contributed by atoms with van der Waals surface area (Å²) < 4.78 is 6.94. The molecule has 2 aromatic rings. The van der Waals surface area contributed by atoms with Crippen LogP contribution in [0.1, 0.15) is 22.3 Å². The van der Waals surface area contributed by atoms with Crippen LogP contribution in [0.2, 0.25) is 0 Å². The summed E-state index contributed by atoms with van der Waals surface area (Å²) in [5.74, 6) is 1.06. The lowest BCUT2D eigenvalue weighted by atomic mass is 10.1. The average molecular weight is 389 g/mol. The molecule has 0 aromatic heterocycles. The van der Waals surface area contributed by atoms with E-state index in [1.807, 2.05) is 53.4 Å². The van der Waals surface area contributed by atoms with Gasteiger partial charge in [-0.2, -0.15) is 0 Å². The number of halogens is 1. The molecule has 3 rings (SSSR count). The van der Waals surface area contributed by atoms with Gasteiger partial charge in [-0.3, -0.25) is 4.79 Å². The Morgan fingerprint density at radius 3 is 2.67 bits per heavy atom. The van der Waals surface area contributed by atoms with E-state index < -0.39 is 0 Å². The fraction of sp³-hybridized carbons (Fsp3) is 0.316. The van der Waals surface area contributed by atoms with Crippen LogP contribution in [0.15, 0.2) is 53.0 Å². The number of carbonyl (C=O) groups is 1. The van der Waals surface area contributed by atoms with Crippen molar-refractivity contribution < 1.29 is 9.53 Å². The summed E-state index contributed by atoms with van der Waals surface area (Å²) in [6.07, 6.45) is 0.976. The minimum Gasteiger partial charge on any atom is -0.488 e. The molecule has 2 aromatic carbocycles. The molecule has 24 heavy (non-hydrogen) atoms. The van der Waals surface area contributed by atoms with Crippen molar-refractivity contribution in [2.75, 3.05) is 19.6 Å². The number of hydrogen-bond donors (Lipinski definition) is 1. The maximum absolute atomic E-state index is 12.8. The fourth-order valence-electron chi connectivity index (χ4n) is 2.89. The van der Waals surface area contributed by atoms with E-state index in [0.29, 0.717) is 30.4 Å². The third-order valence-electron chi connectivity index (χ3n) is 4.33. The van der Waals surface area contributed by atoms with Gasteiger partial charge >= 0.3 is 0 Å². The molecule has 0 radical (unpaired) electrons. The SMILES string of the molecule is NC[C@H]1CCN(C(=O)c2ccccc2OCc2ccc(Br)cc2)C1. The van der Waals surface area contributed by atoms with Crippen molar-refractivity contribution in [2.24, 2.45) is 11.7 Å². The zero-order valence-electron chi connectivity index (χ0n) is 13.5. The summed E-state index contributed by atoms with van der Waals surface area (Å²) >= 11 is 3.42. The predicted octanol–water partition coefficient (Wildman–Crippen LogP) is 3.45. The molecule has 2 N–H and O–H groups in total. The van der Waals surface area contributed by atoms with E-state index in [4.69, 9.17) is 10.5 Å². The molecule has 0 unspecified atom stereocenters. The predicted molar refractivity (Wildman–Crippen MR) is 98.0 cm³/mol. The second-order valence-corrected chi connectivity index (χ2v) is 6.97. The molecule has 0 saturated carbocycles. The van der Waals surface area contributed by atoms with Crippen LogP contribution in [0, 0.1) is 5.92 Å². The number of hydrogen-bond acceptors (Lipinski definition) is 3. The zero-order chi connectivity index (χ0) is 16.9. The Labute approximate surface area is 150 Å². The van der Waals surface area contributed by atoms with Gasteiger partial charge in [0.2, 0.25) is 0 Å². The molecule has 1 heterocycles. The molecule has 1 fully saturated rings. The zero-order valence-corrected chi connectivity index (χ0v) is 15.0. The van der Waals surface area contributed by atoms with Crippen molar-refractivity contribution in [1.82, 2.24) is 4.90 Å². The fourth-order valence-corrected chi connectivity index (χ4v) is 3.16. The molecule has 5 heteroatoms. The van der Waals surface area contributed by atoms with Crippen molar-refractivity contribution in [3.63, 3.8) is 0 Å². The van der Waals surface area contributed by atoms with Crippen LogP contribution in [-0.4, -0.2) is 30.4 Å². The highest BCUT2D eigenvalue weighted by molar-refractivity contribution is 9.10. The number of rotatable bonds is 5. The van der Waals surface area contributed by atoms with Gasteiger partial charge < -0.3 is 15.4 Å². The monoisotopic (exact) mass is 388 g/mol. The minimum atomic E-state index is 0.0253. The lowest BCUT2D eigenvalue weighted by Crippen LogP contribution is -2.30. The molecule has 1 atom stereocenters. The number of ether oxygens (including phenoxy) is 1. The van der Waals surface area contributed by atoms with Gasteiger partial charge in [0.25, 0.3) is 5.91 Å². The van der Waals surface area contributed by atoms with Crippen molar-refractivity contribution in [3.05, 3.63) is 64.1 Å². The quantitative estimate of drug-likeness (QED) is 0.852. The van der Waals surface area contributed by atoms with Crippen LogP contribution in [0.3, 0.4) is 0 Å². The van der Waals surface area contributed by atoms with E-state index in [-0.39, 0.29) is 5.91 Å². The summed E-state index contributed by atoms with van der Waals surface area (Å²) in [4.78, 5) is 14.7. The molecule has 0 spiro atoms. The van der Waals surface area contributed by atoms with Crippen LogP contribution >= 0.6 is 15.9 Å². The van der Waals surface area contributed by atoms with E-state index >= 15 is 0 Å². The summed E-state index contributed by atoms with van der Waals surface area (Å²) in [5, 5.41) is 0. The van der Waals surface area contributed by atoms with Gasteiger partial charge in [0.05, 0.1) is 5.56 Å². The highest BCUT2D eigenvalue weighted by Crippen LogP contribution is 2.24. The molecule has 1 saturated heterocycles. The van der Waals surface area contributed by atoms with Crippen LogP contribution in [-0.2, 0) is 6.61 Å². The molecule has 0 bridgehead atoms. The van der Waals surface area contributed by atoms with E-state index in [9.17, 15) is 4.79 Å². The highest BCUT2D eigenvalue weighted by Gasteiger charge is 2.27. The first-order valence-corrected chi connectivity index (χ1v) is 8.92. The number of amides is 1. The lowest BCUT2D eigenvalue weighted by molar-refractivity contribution is 0.0782. The number of carbonyl (C=O) groups excluding carboxylic acids is 1. The number of para-hydroxylation sites is 1. The minimum absolute atomic E-state index is 0.0253. The molecular weight excluding hydrogens is 368 g/mol. The van der Waals surface area contributed by atoms with E-state index in [2.05, 4.69) is 15.9 Å². The Kier molecular flexibility index (Phi) is 5.53. The van der Waals surface area contributed by atoms with Gasteiger partial charge in [-0.15, -0.1) is 0 Å². The summed E-state index contributed by atoms with van der Waals surface area (Å²) in [5.41, 5.74) is 7.40. The summed E-state index contributed by atoms with van der Waals surface area (Å²) in [6.45, 7) is 2.56. The van der Waals surface area contributed by atoms with Gasteiger partial charge in [-0.25, -0.2) is 0 Å². The van der Waals surface area contributed by atoms with Gasteiger partial charge in [-0.1, -0.05) is 40.2 Å². The Hall–Kier alpha value is -1.85. The van der Waals surface area contributed by atoms with E-state index in [1.165, 1.54) is 0 Å². The lowest BCUT2D eigenvalue weighted by Gasteiger charge is -2.18. The highest BCUT2D eigenvalue weighted by atomic mass is 79.9. The maximum Gasteiger partial charge on any atom is 0.257 e. The van der Waals surface area contributed by atoms with Crippen LogP contribution in [0.4, 0.5) is 0 Å². The molecule has 1 aliphatic rings. The van der Waals surface area contributed by atoms with E-state index in [1.54, 1.807) is 0 Å². The second-order valence-electron chi connectivity index (χ2n) is 6.05. The van der Waals surface area contributed by atoms with Gasteiger partial charge in [0.1, 0.15) is 12.4 Å². The van der Waals surface area contributed by atoms with Gasteiger partial charge in [0, 0.05) is 17.6 Å². The van der Waals surface area contributed by atoms with Crippen LogP contribution in [0.5, 0.6) is 5.75 Å². The van der Waals surface area contributed by atoms with Crippen molar-refractivity contribution in [3.8, 4) is 5.75 Å². The normalized spacial score (nSPS) is 17.1. The standard InChI is InChI=1S/C19H21BrN2O2/c20-16-7-5-14(6-8-16)13-24-18-4-2-1-3-17(18)19(23)22-10-9-15(11-21)12-22/h1-8,15H,9-13,21H2/t15-/m1/s1. The smallest absolute Gasteiger partial charge is 0.257 e. The number of benzene rings is 2. The number of nitrogens with two attached hydrogens (primary N) is 1. The maximum atomic E-state index is 12.8. The Balaban J connectivity index is 1.70. The second kappa shape index (κ2) is 7.81. The number of likely N-dealkylation sites (tertiary alicyclic amines) is 1. The Morgan fingerprint density at radius 2 is 1.96 bits per heavy atom. The Bertz CT molecular complexity index is 703. The summed E-state index contributed by atoms with van der Waals surface area (Å²) in [7, 11) is 0. The van der Waals surface area contributed by atoms with Crippen LogP contribution in [0.25, 0.3) is 0 Å². The molecule has 1 amide bonds. The molecule has 126 valence electrons. The third kappa shape index (κ3) is 3.97. The largest absolute Gasteiger partial charge is 0.488 e. The first kappa shape index (κ1) is 17.0. The van der Waals surface area contributed by atoms with E-state index in [0.717, 1.165) is 29.5 Å². The first-order chi connectivity index (χ1) is 11.7. The van der Waals surface area contributed by atoms with Gasteiger partial charge in [-0.05, 0) is 48.7 Å². The summed E-state index contributed by atoms with van der Waals surface area (Å²) in [6, 6.07) is 15.4. The number of nitrogens with zero attached hydrogens (tertiary/aromatic N) is 1. The average Bonchev–Trinajstić information content (AvgIpc) is 3.10. The third-order valence-corrected chi connectivity index (χ3v) is 4.86. The van der Waals surface area contributed by atoms with Crippen LogP contribution < -0.4 is 10.5 Å². The molecule has 4 nitrogen and oxygen atoms in total. The van der Waals surface area contributed by atoms with Crippen molar-refractivity contribution in [2.45, 2.75) is 13.0 Å². The first-order valence-electron chi connectivity index (χ1n) is 8.13. The molecular formula is C19H21BrN2O2. The topological polar surface area (TPSA) is 55.6 Å².